The predicted molar refractivity (Wildman–Crippen MR) is 222 cm³/mol. The second-order valence-corrected chi connectivity index (χ2v) is 15.2. The van der Waals surface area contributed by atoms with Crippen molar-refractivity contribution in [1.82, 2.24) is 0 Å². The zero-order valence-corrected chi connectivity index (χ0v) is 30.5. The first kappa shape index (κ1) is 33.8. The SMILES string of the molecule is O=C1c2cc(-c3ccc(N(c4ccccc4)c4ccccc4)cc3)ccc2S(=O)(=O)c2ccc(-c3ccc(N(c4ccccc4)c4ccccc4)cc3)cc21. The highest BCUT2D eigenvalue weighted by atomic mass is 32.2. The van der Waals surface area contributed by atoms with Gasteiger partial charge in [0.25, 0.3) is 0 Å². The number of rotatable bonds is 8. The molecule has 1 heterocycles. The van der Waals surface area contributed by atoms with Crippen molar-refractivity contribution in [1.29, 1.82) is 0 Å². The molecule has 0 fully saturated rings. The molecule has 264 valence electrons. The summed E-state index contributed by atoms with van der Waals surface area (Å²) >= 11 is 0. The van der Waals surface area contributed by atoms with Gasteiger partial charge in [-0.3, -0.25) is 4.79 Å². The lowest BCUT2D eigenvalue weighted by molar-refractivity contribution is 0.103. The van der Waals surface area contributed by atoms with Crippen molar-refractivity contribution < 1.29 is 13.2 Å². The summed E-state index contributed by atoms with van der Waals surface area (Å²) in [6.07, 6.45) is 0. The number of nitrogens with zero attached hydrogens (tertiary/aromatic N) is 2. The molecular weight excluding hydrogens is 697 g/mol. The summed E-state index contributed by atoms with van der Waals surface area (Å²) in [5.74, 6) is -0.310. The summed E-state index contributed by atoms with van der Waals surface area (Å²) in [5.41, 5.74) is 9.68. The van der Waals surface area contributed by atoms with E-state index < -0.39 is 9.84 Å². The van der Waals surface area contributed by atoms with Crippen LogP contribution in [0.15, 0.2) is 216 Å². The average molecular weight is 731 g/mol. The third kappa shape index (κ3) is 6.28. The molecule has 0 unspecified atom stereocenters. The minimum absolute atomic E-state index is 0.0312. The summed E-state index contributed by atoms with van der Waals surface area (Å²) in [6, 6.07) is 66.9. The molecule has 55 heavy (non-hydrogen) atoms. The Morgan fingerprint density at radius 2 is 0.582 bits per heavy atom. The largest absolute Gasteiger partial charge is 0.311 e. The van der Waals surface area contributed by atoms with E-state index in [-0.39, 0.29) is 26.7 Å². The van der Waals surface area contributed by atoms with Gasteiger partial charge in [-0.05, 0) is 119 Å². The normalized spacial score (nSPS) is 12.7. The maximum atomic E-state index is 14.2. The van der Waals surface area contributed by atoms with Crippen LogP contribution >= 0.6 is 0 Å². The van der Waals surface area contributed by atoms with Crippen LogP contribution < -0.4 is 9.80 Å². The molecule has 0 amide bonds. The van der Waals surface area contributed by atoms with Crippen LogP contribution in [0, 0.1) is 0 Å². The summed E-state index contributed by atoms with van der Waals surface area (Å²) in [6.45, 7) is 0. The number of carbonyl (C=O) groups is 1. The van der Waals surface area contributed by atoms with Gasteiger partial charge in [0, 0.05) is 45.3 Å². The highest BCUT2D eigenvalue weighted by Crippen LogP contribution is 2.41. The van der Waals surface area contributed by atoms with Crippen LogP contribution in [0.2, 0.25) is 0 Å². The number of para-hydroxylation sites is 4. The molecule has 1 aliphatic rings. The number of carbonyl (C=O) groups excluding carboxylic acids is 1. The first-order valence-corrected chi connectivity index (χ1v) is 19.5. The van der Waals surface area contributed by atoms with E-state index >= 15 is 0 Å². The van der Waals surface area contributed by atoms with Crippen molar-refractivity contribution in [2.45, 2.75) is 9.79 Å². The lowest BCUT2D eigenvalue weighted by atomic mass is 9.95. The maximum absolute atomic E-state index is 14.2. The molecule has 8 aromatic carbocycles. The van der Waals surface area contributed by atoms with Crippen molar-refractivity contribution in [3.8, 4) is 22.3 Å². The van der Waals surface area contributed by atoms with Gasteiger partial charge >= 0.3 is 0 Å². The van der Waals surface area contributed by atoms with E-state index in [1.54, 1.807) is 36.4 Å². The average Bonchev–Trinajstić information content (AvgIpc) is 3.25. The minimum atomic E-state index is -3.92. The van der Waals surface area contributed by atoms with Gasteiger partial charge in [-0.25, -0.2) is 8.42 Å². The molecule has 0 radical (unpaired) electrons. The van der Waals surface area contributed by atoms with Gasteiger partial charge in [0.15, 0.2) is 5.78 Å². The molecular formula is C49H34N2O3S. The van der Waals surface area contributed by atoms with Gasteiger partial charge in [-0.2, -0.15) is 0 Å². The van der Waals surface area contributed by atoms with Crippen LogP contribution in [0.5, 0.6) is 0 Å². The van der Waals surface area contributed by atoms with Crippen molar-refractivity contribution in [3.63, 3.8) is 0 Å². The lowest BCUT2D eigenvalue weighted by Gasteiger charge is -2.25. The molecule has 0 aliphatic carbocycles. The summed E-state index contributed by atoms with van der Waals surface area (Å²) < 4.78 is 27.9. The van der Waals surface area contributed by atoms with E-state index in [2.05, 4.69) is 58.3 Å². The monoisotopic (exact) mass is 730 g/mol. The number of hydrogen-bond donors (Lipinski definition) is 0. The van der Waals surface area contributed by atoms with Crippen LogP contribution in [-0.4, -0.2) is 14.2 Å². The van der Waals surface area contributed by atoms with Crippen LogP contribution in [0.3, 0.4) is 0 Å². The second kappa shape index (κ2) is 14.1. The fraction of sp³-hybridized carbons (Fsp3) is 0. The highest BCUT2D eigenvalue weighted by Gasteiger charge is 2.35. The van der Waals surface area contributed by atoms with E-state index in [9.17, 15) is 13.2 Å². The molecule has 0 saturated carbocycles. The van der Waals surface area contributed by atoms with Gasteiger partial charge in [-0.1, -0.05) is 109 Å². The van der Waals surface area contributed by atoms with E-state index in [0.717, 1.165) is 56.4 Å². The lowest BCUT2D eigenvalue weighted by Crippen LogP contribution is -2.20. The number of sulfone groups is 1. The van der Waals surface area contributed by atoms with Gasteiger partial charge in [-0.15, -0.1) is 0 Å². The third-order valence-corrected chi connectivity index (χ3v) is 11.9. The van der Waals surface area contributed by atoms with Gasteiger partial charge in [0.2, 0.25) is 9.84 Å². The van der Waals surface area contributed by atoms with Crippen molar-refractivity contribution in [3.05, 3.63) is 217 Å². The standard InChI is InChI=1S/C49H34N2O3S/c52-49-45-33-37(35-21-27-43(28-22-35)50(39-13-5-1-6-14-39)40-15-7-2-8-16-40)25-31-47(45)55(53,54)48-32-26-38(34-46(48)49)36-23-29-44(30-24-36)51(41-17-9-3-10-18-41)42-19-11-4-12-20-42/h1-34H. The Kier molecular flexibility index (Phi) is 8.65. The quantitative estimate of drug-likeness (QED) is 0.156. The maximum Gasteiger partial charge on any atom is 0.208 e. The van der Waals surface area contributed by atoms with E-state index in [1.165, 1.54) is 0 Å². The topological polar surface area (TPSA) is 57.7 Å². The second-order valence-electron chi connectivity index (χ2n) is 13.4. The molecule has 0 saturated heterocycles. The number of fused-ring (bicyclic) bond motifs is 2. The Bertz CT molecular complexity index is 2490. The van der Waals surface area contributed by atoms with Crippen molar-refractivity contribution in [2.24, 2.45) is 0 Å². The van der Waals surface area contributed by atoms with Crippen LogP contribution in [-0.2, 0) is 9.84 Å². The fourth-order valence-corrected chi connectivity index (χ4v) is 8.93. The number of hydrogen-bond acceptors (Lipinski definition) is 5. The van der Waals surface area contributed by atoms with E-state index in [0.29, 0.717) is 0 Å². The fourth-order valence-electron chi connectivity index (χ4n) is 7.31. The minimum Gasteiger partial charge on any atom is -0.311 e. The Labute approximate surface area is 320 Å². The van der Waals surface area contributed by atoms with Gasteiger partial charge < -0.3 is 9.80 Å². The Morgan fingerprint density at radius 1 is 0.309 bits per heavy atom. The van der Waals surface area contributed by atoms with Crippen molar-refractivity contribution >= 4 is 49.7 Å². The first-order valence-electron chi connectivity index (χ1n) is 18.0. The molecule has 0 bridgehead atoms. The number of benzene rings is 8. The summed E-state index contributed by atoms with van der Waals surface area (Å²) in [4.78, 5) is 18.6. The molecule has 0 N–H and O–H groups in total. The summed E-state index contributed by atoms with van der Waals surface area (Å²) in [7, 11) is -3.92. The Hall–Kier alpha value is -7.02. The van der Waals surface area contributed by atoms with E-state index in [1.807, 2.05) is 121 Å². The van der Waals surface area contributed by atoms with Gasteiger partial charge in [0.05, 0.1) is 9.79 Å². The van der Waals surface area contributed by atoms with Crippen molar-refractivity contribution in [2.75, 3.05) is 9.80 Å². The Balaban J connectivity index is 1.03. The first-order chi connectivity index (χ1) is 27.0. The number of ketones is 1. The molecule has 6 heteroatoms. The van der Waals surface area contributed by atoms with Crippen LogP contribution in [0.25, 0.3) is 22.3 Å². The molecule has 0 atom stereocenters. The highest BCUT2D eigenvalue weighted by molar-refractivity contribution is 7.91. The van der Waals surface area contributed by atoms with Crippen LogP contribution in [0.1, 0.15) is 15.9 Å². The predicted octanol–water partition coefficient (Wildman–Crippen LogP) is 12.3. The summed E-state index contributed by atoms with van der Waals surface area (Å²) in [5, 5.41) is 0. The molecule has 0 spiro atoms. The molecule has 8 aromatic rings. The van der Waals surface area contributed by atoms with Gasteiger partial charge in [0.1, 0.15) is 0 Å². The number of anilines is 6. The molecule has 1 aliphatic heterocycles. The zero-order valence-electron chi connectivity index (χ0n) is 29.7. The molecule has 9 rings (SSSR count). The van der Waals surface area contributed by atoms with E-state index in [4.69, 9.17) is 0 Å². The zero-order chi connectivity index (χ0) is 37.4. The molecule has 0 aromatic heterocycles. The molecule has 5 nitrogen and oxygen atoms in total. The third-order valence-electron chi connectivity index (χ3n) is 10.0. The smallest absolute Gasteiger partial charge is 0.208 e. The Morgan fingerprint density at radius 3 is 0.891 bits per heavy atom. The van der Waals surface area contributed by atoms with Crippen LogP contribution in [0.4, 0.5) is 34.1 Å².